The van der Waals surface area contributed by atoms with E-state index >= 15 is 0 Å². The van der Waals surface area contributed by atoms with Gasteiger partial charge in [-0.05, 0) is 31.2 Å². The maximum atomic E-state index is 12.0. The number of rotatable bonds is 5. The summed E-state index contributed by atoms with van der Waals surface area (Å²) in [6, 6.07) is 17.1. The Morgan fingerprint density at radius 3 is 2.74 bits per heavy atom. The number of hydrogen-bond donors (Lipinski definition) is 1. The van der Waals surface area contributed by atoms with Gasteiger partial charge in [-0.15, -0.1) is 0 Å². The molecule has 1 heterocycles. The molecule has 0 aliphatic rings. The Balaban J connectivity index is 1.55. The van der Waals surface area contributed by atoms with Crippen molar-refractivity contribution in [1.82, 2.24) is 15.5 Å². The zero-order valence-corrected chi connectivity index (χ0v) is 12.8. The number of carbonyl (C=O) groups excluding carboxylic acids is 1. The zero-order chi connectivity index (χ0) is 16.1. The van der Waals surface area contributed by atoms with E-state index in [2.05, 4.69) is 15.5 Å². The van der Waals surface area contributed by atoms with Crippen molar-refractivity contribution >= 4 is 5.91 Å². The number of amides is 1. The molecule has 1 amide bonds. The van der Waals surface area contributed by atoms with E-state index in [0.29, 0.717) is 30.2 Å². The smallest absolute Gasteiger partial charge is 0.257 e. The highest BCUT2D eigenvalue weighted by molar-refractivity contribution is 5.94. The van der Waals surface area contributed by atoms with E-state index in [-0.39, 0.29) is 5.91 Å². The minimum Gasteiger partial charge on any atom is -0.352 e. The summed E-state index contributed by atoms with van der Waals surface area (Å²) in [5.41, 5.74) is 2.60. The van der Waals surface area contributed by atoms with Crippen molar-refractivity contribution in [2.24, 2.45) is 0 Å². The summed E-state index contributed by atoms with van der Waals surface area (Å²) in [5.74, 6) is 0.972. The van der Waals surface area contributed by atoms with E-state index in [4.69, 9.17) is 4.52 Å². The lowest BCUT2D eigenvalue weighted by Gasteiger charge is -2.04. The van der Waals surface area contributed by atoms with Crippen LogP contribution in [-0.4, -0.2) is 22.6 Å². The molecular formula is C18H17N3O2. The minimum absolute atomic E-state index is 0.0968. The third-order valence-electron chi connectivity index (χ3n) is 3.40. The Morgan fingerprint density at radius 1 is 1.13 bits per heavy atom. The topological polar surface area (TPSA) is 68.0 Å². The molecule has 0 aliphatic carbocycles. The molecule has 5 heteroatoms. The Labute approximate surface area is 134 Å². The second-order valence-corrected chi connectivity index (χ2v) is 5.26. The SMILES string of the molecule is Cc1cccc(C(=O)NCCc2noc(-c3ccccc3)n2)c1. The van der Waals surface area contributed by atoms with E-state index in [0.717, 1.165) is 11.1 Å². The molecule has 0 unspecified atom stereocenters. The molecular weight excluding hydrogens is 290 g/mol. The molecule has 0 saturated carbocycles. The van der Waals surface area contributed by atoms with Crippen LogP contribution in [0.3, 0.4) is 0 Å². The van der Waals surface area contributed by atoms with Crippen LogP contribution in [-0.2, 0) is 6.42 Å². The molecule has 5 nitrogen and oxygen atoms in total. The molecule has 0 radical (unpaired) electrons. The van der Waals surface area contributed by atoms with E-state index in [1.807, 2.05) is 55.5 Å². The van der Waals surface area contributed by atoms with Crippen molar-refractivity contribution in [2.75, 3.05) is 6.54 Å². The van der Waals surface area contributed by atoms with Crippen LogP contribution in [0.1, 0.15) is 21.7 Å². The fourth-order valence-corrected chi connectivity index (χ4v) is 2.23. The van der Waals surface area contributed by atoms with Crippen LogP contribution < -0.4 is 5.32 Å². The predicted octanol–water partition coefficient (Wildman–Crippen LogP) is 3.02. The first kappa shape index (κ1) is 15.0. The third-order valence-corrected chi connectivity index (χ3v) is 3.40. The number of carbonyl (C=O) groups is 1. The van der Waals surface area contributed by atoms with Gasteiger partial charge >= 0.3 is 0 Å². The normalized spacial score (nSPS) is 10.5. The summed E-state index contributed by atoms with van der Waals surface area (Å²) in [6.45, 7) is 2.42. The standard InChI is InChI=1S/C18H17N3O2/c1-13-6-5-9-15(12-13)17(22)19-11-10-16-20-18(23-21-16)14-7-3-2-4-8-14/h2-9,12H,10-11H2,1H3,(H,19,22). The van der Waals surface area contributed by atoms with Gasteiger partial charge in [0.15, 0.2) is 5.82 Å². The van der Waals surface area contributed by atoms with Gasteiger partial charge in [0, 0.05) is 24.1 Å². The van der Waals surface area contributed by atoms with Crippen LogP contribution in [0.4, 0.5) is 0 Å². The molecule has 3 rings (SSSR count). The number of benzene rings is 2. The Kier molecular flexibility index (Phi) is 4.47. The lowest BCUT2D eigenvalue weighted by molar-refractivity contribution is 0.0954. The first-order chi connectivity index (χ1) is 11.2. The second-order valence-electron chi connectivity index (χ2n) is 5.26. The maximum absolute atomic E-state index is 12.0. The van der Waals surface area contributed by atoms with E-state index in [1.54, 1.807) is 6.07 Å². The predicted molar refractivity (Wildman–Crippen MR) is 87.0 cm³/mol. The quantitative estimate of drug-likeness (QED) is 0.786. The highest BCUT2D eigenvalue weighted by atomic mass is 16.5. The lowest BCUT2D eigenvalue weighted by atomic mass is 10.1. The van der Waals surface area contributed by atoms with Crippen LogP contribution in [0.5, 0.6) is 0 Å². The summed E-state index contributed by atoms with van der Waals surface area (Å²) in [6.07, 6.45) is 0.522. The van der Waals surface area contributed by atoms with E-state index in [1.165, 1.54) is 0 Å². The van der Waals surface area contributed by atoms with Gasteiger partial charge in [0.2, 0.25) is 0 Å². The molecule has 23 heavy (non-hydrogen) atoms. The first-order valence-corrected chi connectivity index (χ1v) is 7.45. The molecule has 3 aromatic rings. The number of hydrogen-bond acceptors (Lipinski definition) is 4. The van der Waals surface area contributed by atoms with Crippen molar-refractivity contribution in [1.29, 1.82) is 0 Å². The largest absolute Gasteiger partial charge is 0.352 e. The minimum atomic E-state index is -0.0968. The number of aryl methyl sites for hydroxylation is 1. The molecule has 1 N–H and O–H groups in total. The van der Waals surface area contributed by atoms with Crippen molar-refractivity contribution < 1.29 is 9.32 Å². The Morgan fingerprint density at radius 2 is 1.96 bits per heavy atom. The molecule has 0 spiro atoms. The zero-order valence-electron chi connectivity index (χ0n) is 12.8. The highest BCUT2D eigenvalue weighted by Crippen LogP contribution is 2.16. The van der Waals surface area contributed by atoms with Crippen LogP contribution in [0, 0.1) is 6.92 Å². The maximum Gasteiger partial charge on any atom is 0.257 e. The van der Waals surface area contributed by atoms with Crippen molar-refractivity contribution in [2.45, 2.75) is 13.3 Å². The summed E-state index contributed by atoms with van der Waals surface area (Å²) >= 11 is 0. The van der Waals surface area contributed by atoms with Crippen molar-refractivity contribution in [3.8, 4) is 11.5 Å². The first-order valence-electron chi connectivity index (χ1n) is 7.45. The summed E-state index contributed by atoms with van der Waals surface area (Å²) in [7, 11) is 0. The van der Waals surface area contributed by atoms with Crippen LogP contribution in [0.2, 0.25) is 0 Å². The van der Waals surface area contributed by atoms with Gasteiger partial charge in [-0.2, -0.15) is 4.98 Å². The van der Waals surface area contributed by atoms with E-state index in [9.17, 15) is 4.79 Å². The number of nitrogens with one attached hydrogen (secondary N) is 1. The van der Waals surface area contributed by atoms with Crippen LogP contribution in [0.25, 0.3) is 11.5 Å². The summed E-state index contributed by atoms with van der Waals surface area (Å²) < 4.78 is 5.23. The summed E-state index contributed by atoms with van der Waals surface area (Å²) in [5, 5.41) is 6.80. The van der Waals surface area contributed by atoms with Gasteiger partial charge in [0.25, 0.3) is 11.8 Å². The van der Waals surface area contributed by atoms with Crippen LogP contribution >= 0.6 is 0 Å². The number of aromatic nitrogens is 2. The van der Waals surface area contributed by atoms with Gasteiger partial charge in [-0.3, -0.25) is 4.79 Å². The van der Waals surface area contributed by atoms with Crippen molar-refractivity contribution in [3.63, 3.8) is 0 Å². The monoisotopic (exact) mass is 307 g/mol. The van der Waals surface area contributed by atoms with Gasteiger partial charge in [-0.25, -0.2) is 0 Å². The lowest BCUT2D eigenvalue weighted by Crippen LogP contribution is -2.25. The third kappa shape index (κ3) is 3.83. The van der Waals surface area contributed by atoms with Gasteiger partial charge < -0.3 is 9.84 Å². The molecule has 0 saturated heterocycles. The number of nitrogens with zero attached hydrogens (tertiary/aromatic N) is 2. The molecule has 0 fully saturated rings. The second kappa shape index (κ2) is 6.87. The molecule has 0 atom stereocenters. The Bertz CT molecular complexity index is 797. The van der Waals surface area contributed by atoms with Crippen LogP contribution in [0.15, 0.2) is 59.1 Å². The van der Waals surface area contributed by atoms with Gasteiger partial charge in [0.1, 0.15) is 0 Å². The highest BCUT2D eigenvalue weighted by Gasteiger charge is 2.09. The molecule has 116 valence electrons. The Hall–Kier alpha value is -2.95. The molecule has 1 aromatic heterocycles. The average molecular weight is 307 g/mol. The fourth-order valence-electron chi connectivity index (χ4n) is 2.23. The van der Waals surface area contributed by atoms with Gasteiger partial charge in [0.05, 0.1) is 0 Å². The summed E-state index contributed by atoms with van der Waals surface area (Å²) in [4.78, 5) is 16.4. The molecule has 0 bridgehead atoms. The molecule has 0 aliphatic heterocycles. The fraction of sp³-hybridized carbons (Fsp3) is 0.167. The van der Waals surface area contributed by atoms with Crippen molar-refractivity contribution in [3.05, 3.63) is 71.5 Å². The van der Waals surface area contributed by atoms with Gasteiger partial charge in [-0.1, -0.05) is 41.1 Å². The molecule has 2 aromatic carbocycles. The average Bonchev–Trinajstić information content (AvgIpc) is 3.04. The van der Waals surface area contributed by atoms with E-state index < -0.39 is 0 Å².